The van der Waals surface area contributed by atoms with Gasteiger partial charge in [-0.3, -0.25) is 14.3 Å². The average Bonchev–Trinajstić information content (AvgIpc) is 3.15. The highest BCUT2D eigenvalue weighted by molar-refractivity contribution is 5.67. The zero-order valence-corrected chi connectivity index (χ0v) is 18.5. The Morgan fingerprint density at radius 1 is 1.33 bits per heavy atom. The standard InChI is InChI=1S/C21H28F3N3O6/c1-4-7-9-26(8-5-2)20(30)32-13-16-15(31-10-6-3)11-17(33-16)27-12-14(21(22,23)24)18(28)25-19(27)29/h3,12,15-17H,4-5,7-11,13H2,1-2H3,(H,25,28,29)/t15-,16+,17+/m0/s1. The van der Waals surface area contributed by atoms with Crippen LogP contribution in [0.2, 0.25) is 0 Å². The number of aromatic amines is 1. The molecule has 12 heteroatoms. The van der Waals surface area contributed by atoms with Gasteiger partial charge in [-0.25, -0.2) is 9.59 Å². The Morgan fingerprint density at radius 3 is 2.67 bits per heavy atom. The molecule has 184 valence electrons. The van der Waals surface area contributed by atoms with Crippen molar-refractivity contribution in [3.8, 4) is 12.3 Å². The molecule has 1 fully saturated rings. The fourth-order valence-corrected chi connectivity index (χ4v) is 3.41. The third-order valence-corrected chi connectivity index (χ3v) is 5.05. The van der Waals surface area contributed by atoms with E-state index in [9.17, 15) is 27.6 Å². The molecule has 1 aromatic heterocycles. The van der Waals surface area contributed by atoms with E-state index in [0.717, 1.165) is 19.3 Å². The number of rotatable bonds is 10. The summed E-state index contributed by atoms with van der Waals surface area (Å²) in [5.74, 6) is 2.28. The lowest BCUT2D eigenvalue weighted by atomic mass is 10.2. The van der Waals surface area contributed by atoms with Crippen LogP contribution >= 0.6 is 0 Å². The SMILES string of the molecule is C#CCO[C@H]1C[C@H](n2cc(C(F)(F)F)c(=O)[nH]c2=O)O[C@@H]1COC(=O)N(CCC)CCCC. The number of hydrogen-bond donors (Lipinski definition) is 1. The molecule has 0 saturated carbocycles. The molecule has 1 aliphatic heterocycles. The number of carbonyl (C=O) groups excluding carboxylic acids is 1. The molecule has 0 unspecified atom stereocenters. The summed E-state index contributed by atoms with van der Waals surface area (Å²) in [5, 5.41) is 0. The number of terminal acetylenes is 1. The molecule has 0 aliphatic carbocycles. The van der Waals surface area contributed by atoms with Crippen molar-refractivity contribution >= 4 is 6.09 Å². The van der Waals surface area contributed by atoms with E-state index in [2.05, 4.69) is 5.92 Å². The number of nitrogens with one attached hydrogen (secondary N) is 1. The molecule has 1 aromatic rings. The van der Waals surface area contributed by atoms with E-state index in [1.807, 2.05) is 13.8 Å². The Balaban J connectivity index is 2.18. The van der Waals surface area contributed by atoms with Gasteiger partial charge in [0.15, 0.2) is 0 Å². The Hall–Kier alpha value is -2.78. The molecule has 1 N–H and O–H groups in total. The second-order valence-electron chi connectivity index (χ2n) is 7.54. The first-order valence-electron chi connectivity index (χ1n) is 10.7. The molecule has 0 spiro atoms. The molecular formula is C21H28F3N3O6. The Morgan fingerprint density at radius 2 is 2.06 bits per heavy atom. The number of hydrogen-bond acceptors (Lipinski definition) is 6. The van der Waals surface area contributed by atoms with Crippen LogP contribution in [0.25, 0.3) is 0 Å². The van der Waals surface area contributed by atoms with Crippen LogP contribution < -0.4 is 11.2 Å². The summed E-state index contributed by atoms with van der Waals surface area (Å²) >= 11 is 0. The number of alkyl halides is 3. The summed E-state index contributed by atoms with van der Waals surface area (Å²) in [5.41, 5.74) is -4.15. The van der Waals surface area contributed by atoms with Crippen LogP contribution in [0.15, 0.2) is 15.8 Å². The van der Waals surface area contributed by atoms with E-state index >= 15 is 0 Å². The van der Waals surface area contributed by atoms with Gasteiger partial charge >= 0.3 is 18.0 Å². The highest BCUT2D eigenvalue weighted by Crippen LogP contribution is 2.32. The summed E-state index contributed by atoms with van der Waals surface area (Å²) in [6.45, 7) is 4.60. The van der Waals surface area contributed by atoms with Gasteiger partial charge in [0.2, 0.25) is 0 Å². The molecule has 2 heterocycles. The first-order valence-corrected chi connectivity index (χ1v) is 10.7. The minimum absolute atomic E-state index is 0.0400. The molecule has 2 rings (SSSR count). The van der Waals surface area contributed by atoms with Crippen molar-refractivity contribution in [1.82, 2.24) is 14.5 Å². The summed E-state index contributed by atoms with van der Waals surface area (Å²) < 4.78 is 56.6. The maximum absolute atomic E-state index is 13.1. The molecule has 3 atom stereocenters. The minimum atomic E-state index is -4.96. The molecule has 1 aliphatic rings. The van der Waals surface area contributed by atoms with E-state index in [1.165, 1.54) is 0 Å². The smallest absolute Gasteiger partial charge is 0.423 e. The van der Waals surface area contributed by atoms with Crippen molar-refractivity contribution < 1.29 is 32.2 Å². The summed E-state index contributed by atoms with van der Waals surface area (Å²) in [6, 6.07) is 0. The van der Waals surface area contributed by atoms with Gasteiger partial charge in [-0.1, -0.05) is 26.2 Å². The fourth-order valence-electron chi connectivity index (χ4n) is 3.41. The Bertz CT molecular complexity index is 952. The van der Waals surface area contributed by atoms with Crippen molar-refractivity contribution in [2.75, 3.05) is 26.3 Å². The molecular weight excluding hydrogens is 447 g/mol. The minimum Gasteiger partial charge on any atom is -0.447 e. The van der Waals surface area contributed by atoms with Gasteiger partial charge in [-0.05, 0) is 12.8 Å². The molecule has 9 nitrogen and oxygen atoms in total. The maximum atomic E-state index is 13.1. The van der Waals surface area contributed by atoms with Crippen LogP contribution in [0.3, 0.4) is 0 Å². The maximum Gasteiger partial charge on any atom is 0.423 e. The normalized spacial score (nSPS) is 20.4. The average molecular weight is 475 g/mol. The third kappa shape index (κ3) is 7.10. The van der Waals surface area contributed by atoms with Crippen molar-refractivity contribution in [3.05, 3.63) is 32.6 Å². The van der Waals surface area contributed by atoms with E-state index < -0.39 is 47.5 Å². The van der Waals surface area contributed by atoms with Crippen LogP contribution in [-0.2, 0) is 20.4 Å². The van der Waals surface area contributed by atoms with Gasteiger partial charge in [0.1, 0.15) is 31.1 Å². The first-order chi connectivity index (χ1) is 15.6. The number of carbonyl (C=O) groups is 1. The van der Waals surface area contributed by atoms with E-state index in [1.54, 1.807) is 9.88 Å². The number of ether oxygens (including phenoxy) is 3. The van der Waals surface area contributed by atoms with Gasteiger partial charge < -0.3 is 19.1 Å². The van der Waals surface area contributed by atoms with Crippen LogP contribution in [0.5, 0.6) is 0 Å². The molecule has 0 bridgehead atoms. The number of halogens is 3. The van der Waals surface area contributed by atoms with Gasteiger partial charge in [0.25, 0.3) is 5.56 Å². The predicted molar refractivity (Wildman–Crippen MR) is 112 cm³/mol. The molecule has 1 saturated heterocycles. The molecule has 33 heavy (non-hydrogen) atoms. The van der Waals surface area contributed by atoms with Gasteiger partial charge in [0.05, 0.1) is 6.10 Å². The lowest BCUT2D eigenvalue weighted by molar-refractivity contribution is -0.139. The van der Waals surface area contributed by atoms with E-state index in [0.29, 0.717) is 23.9 Å². The predicted octanol–water partition coefficient (Wildman–Crippen LogP) is 2.51. The quantitative estimate of drug-likeness (QED) is 0.522. The van der Waals surface area contributed by atoms with Crippen molar-refractivity contribution in [1.29, 1.82) is 0 Å². The van der Waals surface area contributed by atoms with Crippen molar-refractivity contribution in [2.24, 2.45) is 0 Å². The van der Waals surface area contributed by atoms with Crippen LogP contribution in [0.4, 0.5) is 18.0 Å². The lowest BCUT2D eigenvalue weighted by Crippen LogP contribution is -2.37. The van der Waals surface area contributed by atoms with Crippen LogP contribution in [0, 0.1) is 12.3 Å². The third-order valence-electron chi connectivity index (χ3n) is 5.05. The lowest BCUT2D eigenvalue weighted by Gasteiger charge is -2.23. The molecule has 0 aromatic carbocycles. The van der Waals surface area contributed by atoms with Crippen molar-refractivity contribution in [3.63, 3.8) is 0 Å². The Labute approximate surface area is 188 Å². The monoisotopic (exact) mass is 475 g/mol. The van der Waals surface area contributed by atoms with Crippen molar-refractivity contribution in [2.45, 2.75) is 64.1 Å². The zero-order valence-electron chi connectivity index (χ0n) is 18.5. The topological polar surface area (TPSA) is 103 Å². The summed E-state index contributed by atoms with van der Waals surface area (Å²) in [6.07, 6.45) is -0.285. The molecule has 1 amide bonds. The van der Waals surface area contributed by atoms with Crippen LogP contribution in [0.1, 0.15) is 51.3 Å². The molecule has 0 radical (unpaired) electrons. The summed E-state index contributed by atoms with van der Waals surface area (Å²) in [7, 11) is 0. The van der Waals surface area contributed by atoms with Gasteiger partial charge in [-0.15, -0.1) is 6.42 Å². The first kappa shape index (κ1) is 26.5. The number of H-pyrrole nitrogens is 1. The largest absolute Gasteiger partial charge is 0.447 e. The highest BCUT2D eigenvalue weighted by Gasteiger charge is 2.40. The number of aromatic nitrogens is 2. The fraction of sp³-hybridized carbons (Fsp3) is 0.667. The summed E-state index contributed by atoms with van der Waals surface area (Å²) in [4.78, 5) is 39.4. The van der Waals surface area contributed by atoms with Gasteiger partial charge in [-0.2, -0.15) is 13.2 Å². The second-order valence-corrected chi connectivity index (χ2v) is 7.54. The van der Waals surface area contributed by atoms with Gasteiger partial charge in [0, 0.05) is 25.7 Å². The zero-order chi connectivity index (χ0) is 24.6. The van der Waals surface area contributed by atoms with Crippen LogP contribution in [-0.4, -0.2) is 59.1 Å². The Kier molecular flexibility index (Phi) is 9.55. The number of amides is 1. The van der Waals surface area contributed by atoms with E-state index in [4.69, 9.17) is 20.6 Å². The number of nitrogens with zero attached hydrogens (tertiary/aromatic N) is 2. The second kappa shape index (κ2) is 11.9. The highest BCUT2D eigenvalue weighted by atomic mass is 19.4. The van der Waals surface area contributed by atoms with E-state index in [-0.39, 0.29) is 19.6 Å². The number of unbranched alkanes of at least 4 members (excludes halogenated alkanes) is 1.